The van der Waals surface area contributed by atoms with Crippen LogP contribution in [0.1, 0.15) is 15.9 Å². The molecule has 8 heteroatoms. The minimum absolute atomic E-state index is 0.147. The Hall–Kier alpha value is -4.46. The largest absolute Gasteiger partial charge is 0.497 e. The standard InChI is InChI=1S/C25H20N4O4/c1-33-20-11-8-17-14-18-12-13-28(24(18)26-22(17)15-20)19-9-6-16(7-10-19)25(30)27-21-4-2-3-5-23(21)29(31)32/h2-11,14-15H,12-13H2,1H3,(H,27,30). The molecule has 1 aliphatic rings. The maximum Gasteiger partial charge on any atom is 0.292 e. The molecule has 1 N–H and O–H groups in total. The van der Waals surface area contributed by atoms with Crippen LogP contribution in [0.3, 0.4) is 0 Å². The molecule has 3 aromatic carbocycles. The molecule has 164 valence electrons. The number of rotatable bonds is 5. The van der Waals surface area contributed by atoms with Crippen molar-refractivity contribution in [2.24, 2.45) is 0 Å². The van der Waals surface area contributed by atoms with Crippen molar-refractivity contribution in [1.82, 2.24) is 4.98 Å². The lowest BCUT2D eigenvalue weighted by atomic mass is 10.1. The lowest BCUT2D eigenvalue weighted by Crippen LogP contribution is -2.16. The number of carbonyl (C=O) groups is 1. The van der Waals surface area contributed by atoms with E-state index in [9.17, 15) is 14.9 Å². The highest BCUT2D eigenvalue weighted by Gasteiger charge is 2.23. The molecule has 0 fully saturated rings. The lowest BCUT2D eigenvalue weighted by Gasteiger charge is -2.19. The fourth-order valence-electron chi connectivity index (χ4n) is 4.04. The van der Waals surface area contributed by atoms with Crippen LogP contribution in [-0.4, -0.2) is 29.5 Å². The van der Waals surface area contributed by atoms with Crippen LogP contribution in [0.25, 0.3) is 10.9 Å². The number of benzene rings is 3. The zero-order chi connectivity index (χ0) is 22.9. The molecule has 33 heavy (non-hydrogen) atoms. The molecular weight excluding hydrogens is 420 g/mol. The number of nitro groups is 1. The fourth-order valence-corrected chi connectivity index (χ4v) is 4.04. The number of ether oxygens (including phenoxy) is 1. The average Bonchev–Trinajstić information content (AvgIpc) is 3.25. The normalized spacial score (nSPS) is 12.5. The molecule has 0 aliphatic carbocycles. The number of amides is 1. The summed E-state index contributed by atoms with van der Waals surface area (Å²) in [6.07, 6.45) is 0.879. The van der Waals surface area contributed by atoms with E-state index in [1.54, 1.807) is 31.4 Å². The SMILES string of the molecule is COc1ccc2cc3c(nc2c1)N(c1ccc(C(=O)Nc2ccccc2[N+](=O)[O-])cc1)CC3. The number of carbonyl (C=O) groups excluding carboxylic acids is 1. The smallest absolute Gasteiger partial charge is 0.292 e. The van der Waals surface area contributed by atoms with E-state index in [-0.39, 0.29) is 11.4 Å². The highest BCUT2D eigenvalue weighted by molar-refractivity contribution is 6.05. The summed E-state index contributed by atoms with van der Waals surface area (Å²) >= 11 is 0. The Labute approximate surface area is 189 Å². The van der Waals surface area contributed by atoms with Gasteiger partial charge in [-0.3, -0.25) is 14.9 Å². The number of nitro benzene ring substituents is 1. The van der Waals surface area contributed by atoms with E-state index < -0.39 is 10.8 Å². The molecule has 0 radical (unpaired) electrons. The second-order valence-electron chi connectivity index (χ2n) is 7.71. The minimum Gasteiger partial charge on any atom is -0.497 e. The van der Waals surface area contributed by atoms with Gasteiger partial charge in [-0.25, -0.2) is 4.98 Å². The number of nitrogens with one attached hydrogen (secondary N) is 1. The molecule has 0 atom stereocenters. The third-order valence-corrected chi connectivity index (χ3v) is 5.73. The van der Waals surface area contributed by atoms with E-state index in [0.717, 1.165) is 41.1 Å². The average molecular weight is 440 g/mol. The van der Waals surface area contributed by atoms with Gasteiger partial charge in [0.2, 0.25) is 0 Å². The number of fused-ring (bicyclic) bond motifs is 2. The Kier molecular flexibility index (Phi) is 5.10. The minimum atomic E-state index is -0.518. The van der Waals surface area contributed by atoms with Gasteiger partial charge in [-0.15, -0.1) is 0 Å². The Morgan fingerprint density at radius 2 is 1.88 bits per heavy atom. The van der Waals surface area contributed by atoms with Crippen LogP contribution in [0, 0.1) is 10.1 Å². The highest BCUT2D eigenvalue weighted by Crippen LogP contribution is 2.35. The molecule has 8 nitrogen and oxygen atoms in total. The fraction of sp³-hybridized carbons (Fsp3) is 0.120. The summed E-state index contributed by atoms with van der Waals surface area (Å²) in [7, 11) is 1.63. The number of nitrogens with zero attached hydrogens (tertiary/aromatic N) is 3. The van der Waals surface area contributed by atoms with Crippen LogP contribution in [0.15, 0.2) is 72.8 Å². The number of para-hydroxylation sites is 2. The van der Waals surface area contributed by atoms with E-state index in [0.29, 0.717) is 5.56 Å². The van der Waals surface area contributed by atoms with Gasteiger partial charge in [0.05, 0.1) is 17.5 Å². The Balaban J connectivity index is 1.39. The zero-order valence-electron chi connectivity index (χ0n) is 17.8. The van der Waals surface area contributed by atoms with E-state index in [1.807, 2.05) is 30.3 Å². The predicted octanol–water partition coefficient (Wildman–Crippen LogP) is 5.10. The molecule has 1 amide bonds. The maximum absolute atomic E-state index is 12.7. The van der Waals surface area contributed by atoms with E-state index in [4.69, 9.17) is 9.72 Å². The Bertz CT molecular complexity index is 1390. The molecule has 2 heterocycles. The van der Waals surface area contributed by atoms with Crippen LogP contribution < -0.4 is 15.0 Å². The first kappa shape index (κ1) is 20.4. The summed E-state index contributed by atoms with van der Waals surface area (Å²) in [5, 5.41) is 14.9. The van der Waals surface area contributed by atoms with Crippen molar-refractivity contribution in [3.05, 3.63) is 94.0 Å². The molecule has 0 spiro atoms. The van der Waals surface area contributed by atoms with E-state index in [1.165, 1.54) is 17.7 Å². The summed E-state index contributed by atoms with van der Waals surface area (Å²) in [4.78, 5) is 30.3. The van der Waals surface area contributed by atoms with Gasteiger partial charge in [0.1, 0.15) is 17.3 Å². The second kappa shape index (κ2) is 8.23. The summed E-state index contributed by atoms with van der Waals surface area (Å²) in [5.41, 5.74) is 3.38. The predicted molar refractivity (Wildman–Crippen MR) is 126 cm³/mol. The third-order valence-electron chi connectivity index (χ3n) is 5.73. The first-order valence-electron chi connectivity index (χ1n) is 10.4. The zero-order valence-corrected chi connectivity index (χ0v) is 17.8. The van der Waals surface area contributed by atoms with Crippen LogP contribution in [0.5, 0.6) is 5.75 Å². The van der Waals surface area contributed by atoms with Crippen molar-refractivity contribution in [3.63, 3.8) is 0 Å². The maximum atomic E-state index is 12.7. The quantitative estimate of drug-likeness (QED) is 0.343. The Morgan fingerprint density at radius 1 is 1.09 bits per heavy atom. The van der Waals surface area contributed by atoms with Gasteiger partial charge < -0.3 is 15.0 Å². The van der Waals surface area contributed by atoms with Crippen LogP contribution in [-0.2, 0) is 6.42 Å². The van der Waals surface area contributed by atoms with Gasteiger partial charge in [0, 0.05) is 35.3 Å². The van der Waals surface area contributed by atoms with E-state index in [2.05, 4.69) is 16.3 Å². The van der Waals surface area contributed by atoms with Crippen molar-refractivity contribution >= 4 is 39.7 Å². The molecule has 5 rings (SSSR count). The topological polar surface area (TPSA) is 97.6 Å². The van der Waals surface area contributed by atoms with Crippen molar-refractivity contribution in [1.29, 1.82) is 0 Å². The highest BCUT2D eigenvalue weighted by atomic mass is 16.6. The van der Waals surface area contributed by atoms with Gasteiger partial charge in [0.25, 0.3) is 11.6 Å². The second-order valence-corrected chi connectivity index (χ2v) is 7.71. The molecule has 1 aromatic heterocycles. The lowest BCUT2D eigenvalue weighted by molar-refractivity contribution is -0.383. The molecule has 0 saturated heterocycles. The first-order valence-corrected chi connectivity index (χ1v) is 10.4. The van der Waals surface area contributed by atoms with Crippen LogP contribution in [0.2, 0.25) is 0 Å². The summed E-state index contributed by atoms with van der Waals surface area (Å²) < 4.78 is 5.32. The van der Waals surface area contributed by atoms with Crippen molar-refractivity contribution in [2.75, 3.05) is 23.9 Å². The van der Waals surface area contributed by atoms with Gasteiger partial charge in [-0.1, -0.05) is 12.1 Å². The van der Waals surface area contributed by atoms with Gasteiger partial charge in [-0.2, -0.15) is 0 Å². The van der Waals surface area contributed by atoms with Crippen molar-refractivity contribution < 1.29 is 14.5 Å². The number of anilines is 3. The van der Waals surface area contributed by atoms with Gasteiger partial charge >= 0.3 is 0 Å². The first-order chi connectivity index (χ1) is 16.0. The number of pyridine rings is 1. The third kappa shape index (κ3) is 3.82. The van der Waals surface area contributed by atoms with Crippen molar-refractivity contribution in [2.45, 2.75) is 6.42 Å². The number of aromatic nitrogens is 1. The molecule has 0 saturated carbocycles. The van der Waals surface area contributed by atoms with Gasteiger partial charge in [0.15, 0.2) is 0 Å². The summed E-state index contributed by atoms with van der Waals surface area (Å²) in [5.74, 6) is 1.25. The van der Waals surface area contributed by atoms with Gasteiger partial charge in [-0.05, 0) is 60.5 Å². The number of hydrogen-bond acceptors (Lipinski definition) is 6. The number of hydrogen-bond donors (Lipinski definition) is 1. The molecule has 0 unspecified atom stereocenters. The number of methoxy groups -OCH3 is 1. The molecular formula is C25H20N4O4. The molecule has 4 aromatic rings. The van der Waals surface area contributed by atoms with Crippen LogP contribution in [0.4, 0.5) is 22.9 Å². The summed E-state index contributed by atoms with van der Waals surface area (Å²) in [6.45, 7) is 0.789. The molecule has 0 bridgehead atoms. The Morgan fingerprint density at radius 3 is 2.64 bits per heavy atom. The monoisotopic (exact) mass is 440 g/mol. The summed E-state index contributed by atoms with van der Waals surface area (Å²) in [6, 6.07) is 21.2. The van der Waals surface area contributed by atoms with Crippen molar-refractivity contribution in [3.8, 4) is 5.75 Å². The molecule has 1 aliphatic heterocycles. The van der Waals surface area contributed by atoms with E-state index >= 15 is 0 Å². The van der Waals surface area contributed by atoms with Crippen LogP contribution >= 0.6 is 0 Å².